The second kappa shape index (κ2) is 3.59. The summed E-state index contributed by atoms with van der Waals surface area (Å²) in [7, 11) is 1.48. The number of benzene rings is 1. The number of rotatable bonds is 1. The molecule has 0 atom stereocenters. The standard InChI is InChI=1S/C9H10ClNO/c1-6-5-7(10)3-4-8(6)9(11)12-2/h3-5,11H,1-2H3. The van der Waals surface area contributed by atoms with Crippen LogP contribution in [0.15, 0.2) is 18.2 Å². The lowest BCUT2D eigenvalue weighted by Crippen LogP contribution is -2.03. The molecule has 0 saturated carbocycles. The van der Waals surface area contributed by atoms with Gasteiger partial charge in [-0.2, -0.15) is 0 Å². The van der Waals surface area contributed by atoms with E-state index in [-0.39, 0.29) is 5.90 Å². The van der Waals surface area contributed by atoms with Crippen LogP contribution in [0.4, 0.5) is 0 Å². The molecule has 3 heteroatoms. The molecule has 1 aromatic carbocycles. The molecule has 0 saturated heterocycles. The Kier molecular flexibility index (Phi) is 2.71. The first-order valence-corrected chi connectivity index (χ1v) is 3.92. The van der Waals surface area contributed by atoms with Crippen LogP contribution < -0.4 is 0 Å². The van der Waals surface area contributed by atoms with Gasteiger partial charge in [-0.3, -0.25) is 5.41 Å². The second-order valence-electron chi connectivity index (χ2n) is 2.49. The van der Waals surface area contributed by atoms with Crippen molar-refractivity contribution in [2.24, 2.45) is 0 Å². The Morgan fingerprint density at radius 1 is 1.50 bits per heavy atom. The van der Waals surface area contributed by atoms with Gasteiger partial charge in [0.2, 0.25) is 5.90 Å². The van der Waals surface area contributed by atoms with Crippen molar-refractivity contribution < 1.29 is 4.74 Å². The van der Waals surface area contributed by atoms with Crippen LogP contribution in [0.1, 0.15) is 11.1 Å². The summed E-state index contributed by atoms with van der Waals surface area (Å²) in [5, 5.41) is 8.11. The van der Waals surface area contributed by atoms with Crippen LogP contribution in [0.5, 0.6) is 0 Å². The second-order valence-corrected chi connectivity index (χ2v) is 2.93. The Hall–Kier alpha value is -1.02. The molecule has 0 aliphatic heterocycles. The zero-order chi connectivity index (χ0) is 9.14. The number of halogens is 1. The first kappa shape index (κ1) is 9.07. The molecule has 0 unspecified atom stereocenters. The predicted octanol–water partition coefficient (Wildman–Crippen LogP) is 2.62. The summed E-state index contributed by atoms with van der Waals surface area (Å²) in [6, 6.07) is 5.34. The third kappa shape index (κ3) is 1.77. The molecule has 0 radical (unpaired) electrons. The first-order valence-electron chi connectivity index (χ1n) is 3.54. The average Bonchev–Trinajstić information content (AvgIpc) is 2.03. The summed E-state index contributed by atoms with van der Waals surface area (Å²) in [4.78, 5) is 0. The molecule has 12 heavy (non-hydrogen) atoms. The molecule has 1 rings (SSSR count). The van der Waals surface area contributed by atoms with E-state index in [0.717, 1.165) is 11.1 Å². The van der Waals surface area contributed by atoms with E-state index in [0.29, 0.717) is 5.02 Å². The largest absolute Gasteiger partial charge is 0.481 e. The minimum absolute atomic E-state index is 0.171. The van der Waals surface area contributed by atoms with Gasteiger partial charge in [-0.1, -0.05) is 11.6 Å². The molecule has 1 N–H and O–H groups in total. The maximum Gasteiger partial charge on any atom is 0.213 e. The summed E-state index contributed by atoms with van der Waals surface area (Å²) in [6.45, 7) is 1.90. The van der Waals surface area contributed by atoms with Crippen molar-refractivity contribution in [3.63, 3.8) is 0 Å². The quantitative estimate of drug-likeness (QED) is 0.527. The van der Waals surface area contributed by atoms with Gasteiger partial charge in [-0.15, -0.1) is 0 Å². The number of hydrogen-bond acceptors (Lipinski definition) is 2. The Labute approximate surface area is 76.6 Å². The van der Waals surface area contributed by atoms with Gasteiger partial charge in [0.25, 0.3) is 0 Å². The van der Waals surface area contributed by atoms with Crippen molar-refractivity contribution in [3.8, 4) is 0 Å². The summed E-state index contributed by atoms with van der Waals surface area (Å²) in [5.74, 6) is 0.171. The monoisotopic (exact) mass is 183 g/mol. The number of aryl methyl sites for hydroxylation is 1. The molecular weight excluding hydrogens is 174 g/mol. The fraction of sp³-hybridized carbons (Fsp3) is 0.222. The van der Waals surface area contributed by atoms with Crippen molar-refractivity contribution >= 4 is 17.5 Å². The molecule has 0 aliphatic carbocycles. The number of hydrogen-bond donors (Lipinski definition) is 1. The Balaban J connectivity index is 3.09. The minimum Gasteiger partial charge on any atom is -0.481 e. The number of ether oxygens (including phenoxy) is 1. The maximum atomic E-state index is 7.42. The molecule has 0 fully saturated rings. The highest BCUT2D eigenvalue weighted by atomic mass is 35.5. The Morgan fingerprint density at radius 3 is 2.67 bits per heavy atom. The van der Waals surface area contributed by atoms with Gasteiger partial charge in [-0.25, -0.2) is 0 Å². The van der Waals surface area contributed by atoms with Gasteiger partial charge in [0.1, 0.15) is 0 Å². The summed E-state index contributed by atoms with van der Waals surface area (Å²) in [5.41, 5.74) is 1.73. The number of nitrogens with one attached hydrogen (secondary N) is 1. The molecule has 0 amide bonds. The smallest absolute Gasteiger partial charge is 0.213 e. The van der Waals surface area contributed by atoms with E-state index in [1.807, 2.05) is 13.0 Å². The molecule has 2 nitrogen and oxygen atoms in total. The fourth-order valence-corrected chi connectivity index (χ4v) is 1.22. The minimum atomic E-state index is 0.171. The fourth-order valence-electron chi connectivity index (χ4n) is 0.992. The third-order valence-electron chi connectivity index (χ3n) is 1.64. The molecular formula is C9H10ClNO. The average molecular weight is 184 g/mol. The van der Waals surface area contributed by atoms with Gasteiger partial charge in [0.05, 0.1) is 7.11 Å². The van der Waals surface area contributed by atoms with Crippen LogP contribution in [0.25, 0.3) is 0 Å². The van der Waals surface area contributed by atoms with Gasteiger partial charge < -0.3 is 4.74 Å². The Morgan fingerprint density at radius 2 is 2.17 bits per heavy atom. The van der Waals surface area contributed by atoms with E-state index in [2.05, 4.69) is 0 Å². The third-order valence-corrected chi connectivity index (χ3v) is 1.87. The highest BCUT2D eigenvalue weighted by Gasteiger charge is 2.04. The topological polar surface area (TPSA) is 33.1 Å². The molecule has 0 aliphatic rings. The van der Waals surface area contributed by atoms with Crippen LogP contribution in [-0.2, 0) is 4.74 Å². The molecule has 0 aromatic heterocycles. The van der Waals surface area contributed by atoms with E-state index in [1.165, 1.54) is 7.11 Å². The highest BCUT2D eigenvalue weighted by molar-refractivity contribution is 6.30. The highest BCUT2D eigenvalue weighted by Crippen LogP contribution is 2.15. The van der Waals surface area contributed by atoms with E-state index in [9.17, 15) is 0 Å². The molecule has 1 aromatic rings. The maximum absolute atomic E-state index is 7.42. The van der Waals surface area contributed by atoms with Gasteiger partial charge in [0.15, 0.2) is 0 Å². The van der Waals surface area contributed by atoms with E-state index in [4.69, 9.17) is 21.7 Å². The lowest BCUT2D eigenvalue weighted by Gasteiger charge is -2.05. The SMILES string of the molecule is COC(=N)c1ccc(Cl)cc1C. The van der Waals surface area contributed by atoms with Crippen molar-refractivity contribution in [3.05, 3.63) is 34.3 Å². The van der Waals surface area contributed by atoms with Crippen LogP contribution in [-0.4, -0.2) is 13.0 Å². The molecule has 64 valence electrons. The molecule has 0 heterocycles. The van der Waals surface area contributed by atoms with Crippen molar-refractivity contribution in [2.45, 2.75) is 6.92 Å². The number of methoxy groups -OCH3 is 1. The lowest BCUT2D eigenvalue weighted by atomic mass is 10.1. The van der Waals surface area contributed by atoms with Crippen molar-refractivity contribution in [2.75, 3.05) is 7.11 Å². The Bertz CT molecular complexity index is 309. The first-order chi connectivity index (χ1) is 5.65. The molecule has 0 spiro atoms. The zero-order valence-electron chi connectivity index (χ0n) is 7.02. The summed E-state index contributed by atoms with van der Waals surface area (Å²) >= 11 is 5.75. The van der Waals surface area contributed by atoms with E-state index >= 15 is 0 Å². The van der Waals surface area contributed by atoms with Crippen LogP contribution >= 0.6 is 11.6 Å². The summed E-state index contributed by atoms with van der Waals surface area (Å²) < 4.78 is 4.80. The van der Waals surface area contributed by atoms with Crippen LogP contribution in [0.2, 0.25) is 5.02 Å². The lowest BCUT2D eigenvalue weighted by molar-refractivity contribution is 0.401. The normalized spacial score (nSPS) is 9.58. The van der Waals surface area contributed by atoms with Gasteiger partial charge in [0, 0.05) is 10.6 Å². The zero-order valence-corrected chi connectivity index (χ0v) is 7.77. The van der Waals surface area contributed by atoms with Crippen LogP contribution in [0.3, 0.4) is 0 Å². The van der Waals surface area contributed by atoms with Crippen LogP contribution in [0, 0.1) is 12.3 Å². The van der Waals surface area contributed by atoms with E-state index < -0.39 is 0 Å². The van der Waals surface area contributed by atoms with Crippen molar-refractivity contribution in [1.29, 1.82) is 5.41 Å². The molecule has 0 bridgehead atoms. The van der Waals surface area contributed by atoms with E-state index in [1.54, 1.807) is 12.1 Å². The van der Waals surface area contributed by atoms with Gasteiger partial charge in [-0.05, 0) is 30.7 Å². The predicted molar refractivity (Wildman–Crippen MR) is 50.0 cm³/mol. The van der Waals surface area contributed by atoms with Gasteiger partial charge >= 0.3 is 0 Å². The van der Waals surface area contributed by atoms with Crippen molar-refractivity contribution in [1.82, 2.24) is 0 Å². The summed E-state index contributed by atoms with van der Waals surface area (Å²) in [6.07, 6.45) is 0.